The molecule has 30 heavy (non-hydrogen) atoms. The number of hydrogen-bond donors (Lipinski definition) is 0. The standard InChI is InChI=1S/C23H25F3N4/c1-29-15-19(14-28-29)16-30-10-8-20(9-11-30)22-7-4-18(13-27-22)12-17-2-5-21(6-3-17)23(24,25)26/h2-7,13-15,20H,8-12,16H2,1H3. The van der Waals surface area contributed by atoms with Gasteiger partial charge in [0.2, 0.25) is 0 Å². The summed E-state index contributed by atoms with van der Waals surface area (Å²) in [6.07, 6.45) is 4.27. The fourth-order valence-corrected chi connectivity index (χ4v) is 4.03. The topological polar surface area (TPSA) is 34.0 Å². The maximum atomic E-state index is 12.7. The number of piperidine rings is 1. The molecule has 0 unspecified atom stereocenters. The number of rotatable bonds is 5. The van der Waals surface area contributed by atoms with Crippen molar-refractivity contribution in [1.29, 1.82) is 0 Å². The minimum absolute atomic E-state index is 0.454. The summed E-state index contributed by atoms with van der Waals surface area (Å²) in [5.41, 5.74) is 3.58. The Morgan fingerprint density at radius 3 is 2.20 bits per heavy atom. The number of halogens is 3. The predicted octanol–water partition coefficient (Wildman–Crippen LogP) is 4.80. The summed E-state index contributed by atoms with van der Waals surface area (Å²) in [5.74, 6) is 0.454. The maximum Gasteiger partial charge on any atom is 0.416 e. The molecule has 1 fully saturated rings. The van der Waals surface area contributed by atoms with E-state index in [4.69, 9.17) is 0 Å². The molecule has 0 spiro atoms. The molecule has 7 heteroatoms. The Balaban J connectivity index is 1.30. The molecule has 3 heterocycles. The lowest BCUT2D eigenvalue weighted by Gasteiger charge is -2.31. The maximum absolute atomic E-state index is 12.7. The Bertz CT molecular complexity index is 953. The highest BCUT2D eigenvalue weighted by atomic mass is 19.4. The van der Waals surface area contributed by atoms with E-state index in [1.807, 2.05) is 30.2 Å². The zero-order chi connectivity index (χ0) is 21.1. The van der Waals surface area contributed by atoms with Gasteiger partial charge >= 0.3 is 6.18 Å². The third-order valence-corrected chi connectivity index (χ3v) is 5.71. The first-order chi connectivity index (χ1) is 14.4. The van der Waals surface area contributed by atoms with Crippen molar-refractivity contribution in [3.63, 3.8) is 0 Å². The number of aromatic nitrogens is 3. The van der Waals surface area contributed by atoms with E-state index in [0.29, 0.717) is 12.3 Å². The second-order valence-electron chi connectivity index (χ2n) is 8.04. The van der Waals surface area contributed by atoms with Gasteiger partial charge < -0.3 is 0 Å². The van der Waals surface area contributed by atoms with Crippen LogP contribution in [-0.2, 0) is 26.2 Å². The molecule has 1 saturated heterocycles. The molecule has 0 atom stereocenters. The zero-order valence-electron chi connectivity index (χ0n) is 16.9. The van der Waals surface area contributed by atoms with Crippen molar-refractivity contribution < 1.29 is 13.2 Å². The average Bonchev–Trinajstić information content (AvgIpc) is 3.14. The normalized spacial score (nSPS) is 16.1. The molecule has 158 valence electrons. The molecule has 1 aliphatic rings. The summed E-state index contributed by atoms with van der Waals surface area (Å²) in [5, 5.41) is 4.23. The van der Waals surface area contributed by atoms with Gasteiger partial charge in [0.25, 0.3) is 0 Å². The first-order valence-corrected chi connectivity index (χ1v) is 10.2. The van der Waals surface area contributed by atoms with Gasteiger partial charge in [0.15, 0.2) is 0 Å². The van der Waals surface area contributed by atoms with E-state index >= 15 is 0 Å². The summed E-state index contributed by atoms with van der Waals surface area (Å²) in [6.45, 7) is 3.00. The number of benzene rings is 1. The first kappa shape index (κ1) is 20.6. The van der Waals surface area contributed by atoms with Crippen LogP contribution >= 0.6 is 0 Å². The molecule has 2 aromatic heterocycles. The fourth-order valence-electron chi connectivity index (χ4n) is 4.03. The Labute approximate surface area is 174 Å². The summed E-state index contributed by atoms with van der Waals surface area (Å²) in [6, 6.07) is 9.46. The number of hydrogen-bond acceptors (Lipinski definition) is 3. The molecule has 4 rings (SSSR count). The Kier molecular flexibility index (Phi) is 5.90. The third-order valence-electron chi connectivity index (χ3n) is 5.71. The zero-order valence-corrected chi connectivity index (χ0v) is 16.9. The second-order valence-corrected chi connectivity index (χ2v) is 8.04. The van der Waals surface area contributed by atoms with Crippen molar-refractivity contribution in [2.45, 2.75) is 37.9 Å². The van der Waals surface area contributed by atoms with E-state index in [9.17, 15) is 13.2 Å². The molecule has 1 aliphatic heterocycles. The molecule has 0 bridgehead atoms. The highest BCUT2D eigenvalue weighted by Crippen LogP contribution is 2.30. The van der Waals surface area contributed by atoms with Crippen molar-refractivity contribution in [2.75, 3.05) is 13.1 Å². The molecule has 0 radical (unpaired) electrons. The SMILES string of the molecule is Cn1cc(CN2CCC(c3ccc(Cc4ccc(C(F)(F)F)cc4)cn3)CC2)cn1. The van der Waals surface area contributed by atoms with Crippen LogP contribution in [0.1, 0.15) is 46.7 Å². The Morgan fingerprint density at radius 1 is 0.933 bits per heavy atom. The second kappa shape index (κ2) is 8.60. The molecule has 0 saturated carbocycles. The molecule has 0 aliphatic carbocycles. The van der Waals surface area contributed by atoms with E-state index in [1.54, 1.807) is 0 Å². The minimum Gasteiger partial charge on any atom is -0.299 e. The van der Waals surface area contributed by atoms with Crippen LogP contribution in [0.25, 0.3) is 0 Å². The van der Waals surface area contributed by atoms with Gasteiger partial charge in [0.1, 0.15) is 0 Å². The monoisotopic (exact) mass is 414 g/mol. The number of likely N-dealkylation sites (tertiary alicyclic amines) is 1. The number of aryl methyl sites for hydroxylation is 1. The van der Waals surface area contributed by atoms with Crippen LogP contribution in [0, 0.1) is 0 Å². The van der Waals surface area contributed by atoms with E-state index in [2.05, 4.69) is 27.2 Å². The lowest BCUT2D eigenvalue weighted by atomic mass is 9.92. The van der Waals surface area contributed by atoms with Gasteiger partial charge in [-0.15, -0.1) is 0 Å². The molecule has 4 nitrogen and oxygen atoms in total. The summed E-state index contributed by atoms with van der Waals surface area (Å²) in [4.78, 5) is 7.11. The van der Waals surface area contributed by atoms with Gasteiger partial charge in [-0.2, -0.15) is 18.3 Å². The van der Waals surface area contributed by atoms with Crippen molar-refractivity contribution in [3.8, 4) is 0 Å². The minimum atomic E-state index is -4.30. The molecular formula is C23H25F3N4. The van der Waals surface area contributed by atoms with Crippen molar-refractivity contribution >= 4 is 0 Å². The molecule has 0 N–H and O–H groups in total. The number of nitrogens with zero attached hydrogens (tertiary/aromatic N) is 4. The Hall–Kier alpha value is -2.67. The van der Waals surface area contributed by atoms with Gasteiger partial charge in [0, 0.05) is 43.2 Å². The molecule has 0 amide bonds. The predicted molar refractivity (Wildman–Crippen MR) is 109 cm³/mol. The van der Waals surface area contributed by atoms with Crippen LogP contribution in [-0.4, -0.2) is 32.8 Å². The quantitative estimate of drug-likeness (QED) is 0.601. The van der Waals surface area contributed by atoms with Crippen LogP contribution in [0.2, 0.25) is 0 Å². The number of pyridine rings is 1. The van der Waals surface area contributed by atoms with Crippen LogP contribution in [0.15, 0.2) is 55.0 Å². The van der Waals surface area contributed by atoms with Crippen molar-refractivity contribution in [2.24, 2.45) is 7.05 Å². The van der Waals surface area contributed by atoms with Crippen LogP contribution in [0.3, 0.4) is 0 Å². The summed E-state index contributed by atoms with van der Waals surface area (Å²) >= 11 is 0. The van der Waals surface area contributed by atoms with Crippen molar-refractivity contribution in [1.82, 2.24) is 19.7 Å². The van der Waals surface area contributed by atoms with Gasteiger partial charge in [-0.1, -0.05) is 18.2 Å². The fraction of sp³-hybridized carbons (Fsp3) is 0.391. The molecular weight excluding hydrogens is 389 g/mol. The van der Waals surface area contributed by atoms with Gasteiger partial charge in [-0.25, -0.2) is 0 Å². The largest absolute Gasteiger partial charge is 0.416 e. The lowest BCUT2D eigenvalue weighted by molar-refractivity contribution is -0.137. The average molecular weight is 414 g/mol. The van der Waals surface area contributed by atoms with Crippen LogP contribution < -0.4 is 0 Å². The first-order valence-electron chi connectivity index (χ1n) is 10.2. The van der Waals surface area contributed by atoms with Gasteiger partial charge in [0.05, 0.1) is 11.8 Å². The molecule has 1 aromatic carbocycles. The summed E-state index contributed by atoms with van der Waals surface area (Å²) < 4.78 is 39.9. The van der Waals surface area contributed by atoms with Gasteiger partial charge in [-0.3, -0.25) is 14.6 Å². The molecule has 3 aromatic rings. The van der Waals surface area contributed by atoms with Crippen LogP contribution in [0.5, 0.6) is 0 Å². The lowest BCUT2D eigenvalue weighted by Crippen LogP contribution is -2.32. The van der Waals surface area contributed by atoms with Crippen LogP contribution in [0.4, 0.5) is 13.2 Å². The van der Waals surface area contributed by atoms with Crippen molar-refractivity contribution in [3.05, 3.63) is 82.9 Å². The Morgan fingerprint density at radius 2 is 1.63 bits per heavy atom. The number of alkyl halides is 3. The van der Waals surface area contributed by atoms with E-state index in [0.717, 1.165) is 61.4 Å². The highest BCUT2D eigenvalue weighted by molar-refractivity contribution is 5.29. The van der Waals surface area contributed by atoms with Gasteiger partial charge in [-0.05, 0) is 61.7 Å². The highest BCUT2D eigenvalue weighted by Gasteiger charge is 2.29. The smallest absolute Gasteiger partial charge is 0.299 e. The van der Waals surface area contributed by atoms with E-state index in [1.165, 1.54) is 17.7 Å². The summed E-state index contributed by atoms with van der Waals surface area (Å²) in [7, 11) is 1.93. The third kappa shape index (κ3) is 5.08. The van der Waals surface area contributed by atoms with E-state index < -0.39 is 11.7 Å². The van der Waals surface area contributed by atoms with E-state index in [-0.39, 0.29) is 0 Å².